The molecule has 2 aromatic rings. The fourth-order valence-electron chi connectivity index (χ4n) is 2.48. The number of nitrogens with zero attached hydrogens (tertiary/aromatic N) is 1. The van der Waals surface area contributed by atoms with Crippen molar-refractivity contribution in [2.45, 2.75) is 22.3 Å². The van der Waals surface area contributed by atoms with Gasteiger partial charge in [-0.2, -0.15) is 0 Å². The van der Waals surface area contributed by atoms with E-state index in [4.69, 9.17) is 0 Å². The highest BCUT2D eigenvalue weighted by molar-refractivity contribution is 7.90. The number of sulfone groups is 1. The molecule has 0 aliphatic carbocycles. The van der Waals surface area contributed by atoms with Crippen molar-refractivity contribution >= 4 is 19.9 Å². The molecule has 1 N–H and O–H groups in total. The zero-order valence-electron chi connectivity index (χ0n) is 15.1. The molecule has 0 radical (unpaired) electrons. The Morgan fingerprint density at radius 3 is 1.92 bits per heavy atom. The third-order valence-corrected chi connectivity index (χ3v) is 6.68. The second kappa shape index (κ2) is 8.30. The van der Waals surface area contributed by atoms with Crippen LogP contribution in [-0.2, 0) is 26.3 Å². The first kappa shape index (κ1) is 20.6. The van der Waals surface area contributed by atoms with E-state index in [2.05, 4.69) is 4.72 Å². The number of hydrogen-bond acceptors (Lipinski definition) is 5. The Morgan fingerprint density at radius 2 is 1.42 bits per heavy atom. The van der Waals surface area contributed by atoms with Gasteiger partial charge in [0.1, 0.15) is 0 Å². The molecular formula is C18H24N2O4S2. The van der Waals surface area contributed by atoms with Crippen molar-refractivity contribution in [2.75, 3.05) is 26.9 Å². The summed E-state index contributed by atoms with van der Waals surface area (Å²) < 4.78 is 50.6. The summed E-state index contributed by atoms with van der Waals surface area (Å²) in [5.74, 6) is 0. The van der Waals surface area contributed by atoms with Crippen LogP contribution in [0.15, 0.2) is 64.4 Å². The van der Waals surface area contributed by atoms with Crippen molar-refractivity contribution in [2.24, 2.45) is 0 Å². The molecule has 26 heavy (non-hydrogen) atoms. The van der Waals surface area contributed by atoms with E-state index in [1.807, 2.05) is 49.3 Å². The number of sulfonamides is 1. The zero-order valence-corrected chi connectivity index (χ0v) is 16.7. The Labute approximate surface area is 155 Å². The minimum atomic E-state index is -3.71. The minimum Gasteiger partial charge on any atom is -0.305 e. The predicted octanol–water partition coefficient (Wildman–Crippen LogP) is 1.54. The first-order valence-electron chi connectivity index (χ1n) is 8.10. The largest absolute Gasteiger partial charge is 0.305 e. The van der Waals surface area contributed by atoms with Gasteiger partial charge in [0.25, 0.3) is 0 Å². The van der Waals surface area contributed by atoms with Crippen LogP contribution in [0, 0.1) is 0 Å². The van der Waals surface area contributed by atoms with Gasteiger partial charge in [-0.05, 0) is 50.3 Å². The average Bonchev–Trinajstić information content (AvgIpc) is 2.58. The van der Waals surface area contributed by atoms with Gasteiger partial charge in [-0.25, -0.2) is 21.6 Å². The van der Waals surface area contributed by atoms with Gasteiger partial charge in [-0.3, -0.25) is 0 Å². The number of likely N-dealkylation sites (N-methyl/N-ethyl adjacent to an activating group) is 1. The summed E-state index contributed by atoms with van der Waals surface area (Å²) in [5, 5.41) is 0. The van der Waals surface area contributed by atoms with Gasteiger partial charge in [0, 0.05) is 18.8 Å². The molecule has 1 atom stereocenters. The highest BCUT2D eigenvalue weighted by Gasteiger charge is 2.19. The molecule has 0 aromatic heterocycles. The van der Waals surface area contributed by atoms with Crippen molar-refractivity contribution in [3.8, 4) is 0 Å². The van der Waals surface area contributed by atoms with E-state index in [0.717, 1.165) is 11.8 Å². The smallest absolute Gasteiger partial charge is 0.240 e. The van der Waals surface area contributed by atoms with Crippen molar-refractivity contribution in [1.82, 2.24) is 9.62 Å². The van der Waals surface area contributed by atoms with E-state index in [9.17, 15) is 16.8 Å². The number of nitrogens with one attached hydrogen (secondary N) is 1. The number of benzene rings is 2. The lowest BCUT2D eigenvalue weighted by Gasteiger charge is -2.24. The summed E-state index contributed by atoms with van der Waals surface area (Å²) in [6.45, 7) is 0.248. The van der Waals surface area contributed by atoms with Crippen LogP contribution in [0.3, 0.4) is 0 Å². The lowest BCUT2D eigenvalue weighted by Crippen LogP contribution is -2.41. The van der Waals surface area contributed by atoms with Gasteiger partial charge in [-0.1, -0.05) is 30.3 Å². The second-order valence-electron chi connectivity index (χ2n) is 6.40. The molecule has 0 heterocycles. The van der Waals surface area contributed by atoms with Crippen molar-refractivity contribution in [1.29, 1.82) is 0 Å². The maximum atomic E-state index is 12.5. The van der Waals surface area contributed by atoms with Crippen molar-refractivity contribution < 1.29 is 16.8 Å². The number of hydrogen-bond donors (Lipinski definition) is 1. The Hall–Kier alpha value is -1.74. The van der Waals surface area contributed by atoms with Crippen LogP contribution in [-0.4, -0.2) is 54.7 Å². The standard InChI is InChI=1S/C18H24N2O4S2/c1-20(2)16(13-15-7-5-4-6-8-15)14-19-26(23,24)18-11-9-17(10-12-18)25(3,21)22/h4-12,16,19H,13-14H2,1-3H3. The van der Waals surface area contributed by atoms with E-state index in [0.29, 0.717) is 6.42 Å². The molecule has 0 fully saturated rings. The van der Waals surface area contributed by atoms with Crippen LogP contribution >= 0.6 is 0 Å². The van der Waals surface area contributed by atoms with Crippen LogP contribution in [0.1, 0.15) is 5.56 Å². The molecule has 2 rings (SSSR count). The van der Waals surface area contributed by atoms with Gasteiger partial charge in [0.2, 0.25) is 10.0 Å². The Morgan fingerprint density at radius 1 is 0.885 bits per heavy atom. The molecule has 142 valence electrons. The SMILES string of the molecule is CN(C)C(CNS(=O)(=O)c1ccc(S(C)(=O)=O)cc1)Cc1ccccc1. The number of rotatable bonds is 8. The van der Waals surface area contributed by atoms with Crippen LogP contribution in [0.5, 0.6) is 0 Å². The normalized spacial score (nSPS) is 13.7. The summed E-state index contributed by atoms with van der Waals surface area (Å²) in [4.78, 5) is 2.11. The topological polar surface area (TPSA) is 83.6 Å². The summed E-state index contributed by atoms with van der Waals surface area (Å²) in [5.41, 5.74) is 1.13. The quantitative estimate of drug-likeness (QED) is 0.732. The predicted molar refractivity (Wildman–Crippen MR) is 102 cm³/mol. The van der Waals surface area contributed by atoms with Gasteiger partial charge in [0.05, 0.1) is 9.79 Å². The van der Waals surface area contributed by atoms with Gasteiger partial charge < -0.3 is 4.90 Å². The minimum absolute atomic E-state index is 0.0116. The van der Waals surface area contributed by atoms with E-state index in [1.165, 1.54) is 24.3 Å². The lowest BCUT2D eigenvalue weighted by molar-refractivity contribution is 0.291. The van der Waals surface area contributed by atoms with Crippen LogP contribution in [0.2, 0.25) is 0 Å². The molecule has 0 spiro atoms. The molecule has 0 saturated carbocycles. The third kappa shape index (κ3) is 5.63. The molecule has 6 nitrogen and oxygen atoms in total. The van der Waals surface area contributed by atoms with E-state index < -0.39 is 19.9 Å². The summed E-state index contributed by atoms with van der Waals surface area (Å²) in [6.07, 6.45) is 1.80. The highest BCUT2D eigenvalue weighted by atomic mass is 32.2. The molecule has 2 aromatic carbocycles. The van der Waals surface area contributed by atoms with Crippen LogP contribution in [0.4, 0.5) is 0 Å². The monoisotopic (exact) mass is 396 g/mol. The highest BCUT2D eigenvalue weighted by Crippen LogP contribution is 2.15. The fourth-order valence-corrected chi connectivity index (χ4v) is 4.18. The molecular weight excluding hydrogens is 372 g/mol. The zero-order chi connectivity index (χ0) is 19.4. The maximum Gasteiger partial charge on any atom is 0.240 e. The van der Waals surface area contributed by atoms with E-state index in [-0.39, 0.29) is 22.4 Å². The Kier molecular flexibility index (Phi) is 6.57. The third-order valence-electron chi connectivity index (χ3n) is 4.12. The van der Waals surface area contributed by atoms with Crippen molar-refractivity contribution in [3.05, 3.63) is 60.2 Å². The first-order chi connectivity index (χ1) is 12.1. The van der Waals surface area contributed by atoms with Gasteiger partial charge in [-0.15, -0.1) is 0 Å². The molecule has 0 aliphatic heterocycles. The second-order valence-corrected chi connectivity index (χ2v) is 10.2. The first-order valence-corrected chi connectivity index (χ1v) is 11.5. The maximum absolute atomic E-state index is 12.5. The van der Waals surface area contributed by atoms with Crippen LogP contribution in [0.25, 0.3) is 0 Å². The summed E-state index contributed by atoms with van der Waals surface area (Å²) >= 11 is 0. The molecule has 0 amide bonds. The van der Waals surface area contributed by atoms with Gasteiger partial charge >= 0.3 is 0 Å². The van der Waals surface area contributed by atoms with Crippen LogP contribution < -0.4 is 4.72 Å². The van der Waals surface area contributed by atoms with Crippen molar-refractivity contribution in [3.63, 3.8) is 0 Å². The molecule has 8 heteroatoms. The molecule has 0 saturated heterocycles. The fraction of sp³-hybridized carbons (Fsp3) is 0.333. The van der Waals surface area contributed by atoms with E-state index >= 15 is 0 Å². The molecule has 0 aliphatic rings. The summed E-state index contributed by atoms with van der Waals surface area (Å²) in [7, 11) is -3.26. The van der Waals surface area contributed by atoms with E-state index in [1.54, 1.807) is 0 Å². The summed E-state index contributed by atoms with van der Waals surface area (Å²) in [6, 6.07) is 15.1. The molecule has 1 unspecified atom stereocenters. The Balaban J connectivity index is 2.09. The van der Waals surface area contributed by atoms with Gasteiger partial charge in [0.15, 0.2) is 9.84 Å². The average molecular weight is 397 g/mol. The molecule has 0 bridgehead atoms. The Bertz CT molecular complexity index is 923. The lowest BCUT2D eigenvalue weighted by atomic mass is 10.1.